The largest absolute Gasteiger partial charge is 0.376 e. The predicted octanol–water partition coefficient (Wildman–Crippen LogP) is 1.05. The molecule has 2 atom stereocenters. The Labute approximate surface area is 158 Å². The van der Waals surface area contributed by atoms with Crippen LogP contribution >= 0.6 is 0 Å². The van der Waals surface area contributed by atoms with E-state index in [0.29, 0.717) is 12.0 Å². The van der Waals surface area contributed by atoms with Gasteiger partial charge in [0.1, 0.15) is 6.54 Å². The van der Waals surface area contributed by atoms with Crippen LogP contribution in [0.4, 0.5) is 0 Å². The molecule has 1 amide bonds. The first-order valence-corrected chi connectivity index (χ1v) is 10.2. The van der Waals surface area contributed by atoms with Gasteiger partial charge in [0.05, 0.1) is 6.10 Å². The molecule has 2 saturated heterocycles. The summed E-state index contributed by atoms with van der Waals surface area (Å²) in [6.07, 6.45) is 7.64. The van der Waals surface area contributed by atoms with Crippen molar-refractivity contribution in [1.29, 1.82) is 0 Å². The number of nitrogens with one attached hydrogen (secondary N) is 2. The second kappa shape index (κ2) is 11.4. The SMILES string of the molecule is CCC1CCCCN1CCNC(=NCC(=O)N(C)C)NCC1CCCO1. The summed E-state index contributed by atoms with van der Waals surface area (Å²) in [7, 11) is 3.51. The van der Waals surface area contributed by atoms with Gasteiger partial charge in [-0.05, 0) is 38.6 Å². The fourth-order valence-corrected chi connectivity index (χ4v) is 3.61. The predicted molar refractivity (Wildman–Crippen MR) is 105 cm³/mol. The molecule has 0 aromatic rings. The average Bonchev–Trinajstić information content (AvgIpc) is 3.17. The Bertz CT molecular complexity index is 449. The minimum absolute atomic E-state index is 0.00490. The lowest BCUT2D eigenvalue weighted by atomic mass is 10.0. The molecule has 0 saturated carbocycles. The van der Waals surface area contributed by atoms with Crippen molar-refractivity contribution in [3.8, 4) is 0 Å². The molecule has 2 N–H and O–H groups in total. The van der Waals surface area contributed by atoms with E-state index in [2.05, 4.69) is 27.4 Å². The molecule has 0 radical (unpaired) electrons. The molecule has 26 heavy (non-hydrogen) atoms. The molecule has 2 unspecified atom stereocenters. The number of rotatable bonds is 8. The van der Waals surface area contributed by atoms with Crippen LogP contribution in [0.3, 0.4) is 0 Å². The molecule has 2 heterocycles. The summed E-state index contributed by atoms with van der Waals surface area (Å²) in [5.41, 5.74) is 0. The van der Waals surface area contributed by atoms with Gasteiger partial charge < -0.3 is 20.3 Å². The fourth-order valence-electron chi connectivity index (χ4n) is 3.61. The Kier molecular flexibility index (Phi) is 9.18. The smallest absolute Gasteiger partial charge is 0.243 e. The molecule has 2 fully saturated rings. The molecule has 0 aromatic carbocycles. The van der Waals surface area contributed by atoms with Crippen LogP contribution in [-0.2, 0) is 9.53 Å². The molecule has 7 heteroatoms. The van der Waals surface area contributed by atoms with Gasteiger partial charge in [-0.3, -0.25) is 9.69 Å². The zero-order valence-corrected chi connectivity index (χ0v) is 16.8. The van der Waals surface area contributed by atoms with Crippen molar-refractivity contribution in [1.82, 2.24) is 20.4 Å². The second-order valence-electron chi connectivity index (χ2n) is 7.49. The number of ether oxygens (including phenoxy) is 1. The first-order valence-electron chi connectivity index (χ1n) is 10.2. The lowest BCUT2D eigenvalue weighted by Crippen LogP contribution is -2.47. The number of nitrogens with zero attached hydrogens (tertiary/aromatic N) is 3. The summed E-state index contributed by atoms with van der Waals surface area (Å²) in [5, 5.41) is 6.74. The third kappa shape index (κ3) is 7.11. The quantitative estimate of drug-likeness (QED) is 0.496. The van der Waals surface area contributed by atoms with E-state index in [1.54, 1.807) is 19.0 Å². The van der Waals surface area contributed by atoms with Crippen molar-refractivity contribution >= 4 is 11.9 Å². The molecule has 7 nitrogen and oxygen atoms in total. The van der Waals surface area contributed by atoms with E-state index in [0.717, 1.165) is 39.1 Å². The number of hydrogen-bond acceptors (Lipinski definition) is 4. The Morgan fingerprint density at radius 3 is 2.77 bits per heavy atom. The number of piperidine rings is 1. The van der Waals surface area contributed by atoms with E-state index in [1.165, 1.54) is 32.2 Å². The third-order valence-electron chi connectivity index (χ3n) is 5.30. The summed E-state index contributed by atoms with van der Waals surface area (Å²) in [6, 6.07) is 0.709. The van der Waals surface area contributed by atoms with Crippen molar-refractivity contribution < 1.29 is 9.53 Å². The van der Waals surface area contributed by atoms with Crippen LogP contribution in [0.5, 0.6) is 0 Å². The van der Waals surface area contributed by atoms with Gasteiger partial charge in [-0.2, -0.15) is 0 Å². The Morgan fingerprint density at radius 2 is 2.08 bits per heavy atom. The van der Waals surface area contributed by atoms with Crippen LogP contribution in [0, 0.1) is 0 Å². The third-order valence-corrected chi connectivity index (χ3v) is 5.30. The normalized spacial score (nSPS) is 24.5. The van der Waals surface area contributed by atoms with Crippen LogP contribution in [0.15, 0.2) is 4.99 Å². The van der Waals surface area contributed by atoms with E-state index in [9.17, 15) is 4.79 Å². The molecule has 0 spiro atoms. The van der Waals surface area contributed by atoms with E-state index in [-0.39, 0.29) is 18.6 Å². The van der Waals surface area contributed by atoms with E-state index in [1.807, 2.05) is 0 Å². The Hall–Kier alpha value is -1.34. The lowest BCUT2D eigenvalue weighted by molar-refractivity contribution is -0.127. The van der Waals surface area contributed by atoms with Crippen molar-refractivity contribution in [3.05, 3.63) is 0 Å². The number of carbonyl (C=O) groups excluding carboxylic acids is 1. The highest BCUT2D eigenvalue weighted by Gasteiger charge is 2.20. The van der Waals surface area contributed by atoms with Crippen molar-refractivity contribution in [2.45, 2.75) is 57.6 Å². The number of likely N-dealkylation sites (tertiary alicyclic amines) is 1. The first kappa shape index (κ1) is 21.0. The fraction of sp³-hybridized carbons (Fsp3) is 0.895. The summed E-state index contributed by atoms with van der Waals surface area (Å²) in [6.45, 7) is 7.07. The minimum atomic E-state index is 0.00490. The van der Waals surface area contributed by atoms with E-state index >= 15 is 0 Å². The molecule has 0 aliphatic carbocycles. The van der Waals surface area contributed by atoms with Crippen molar-refractivity contribution in [2.24, 2.45) is 4.99 Å². The summed E-state index contributed by atoms with van der Waals surface area (Å²) in [4.78, 5) is 20.5. The zero-order valence-electron chi connectivity index (χ0n) is 16.8. The van der Waals surface area contributed by atoms with Gasteiger partial charge in [0.25, 0.3) is 0 Å². The van der Waals surface area contributed by atoms with Gasteiger partial charge in [0, 0.05) is 46.4 Å². The van der Waals surface area contributed by atoms with Gasteiger partial charge in [0.2, 0.25) is 5.91 Å². The van der Waals surface area contributed by atoms with Gasteiger partial charge in [0.15, 0.2) is 5.96 Å². The van der Waals surface area contributed by atoms with Crippen LogP contribution < -0.4 is 10.6 Å². The van der Waals surface area contributed by atoms with Gasteiger partial charge in [-0.25, -0.2) is 4.99 Å². The standard InChI is InChI=1S/C19H37N5O2/c1-4-16-8-5-6-11-24(16)12-10-20-19(22-15-18(25)23(2)3)21-14-17-9-7-13-26-17/h16-17H,4-15H2,1-3H3,(H2,20,21,22). The van der Waals surface area contributed by atoms with Gasteiger partial charge in [-0.15, -0.1) is 0 Å². The number of carbonyl (C=O) groups is 1. The molecule has 0 bridgehead atoms. The van der Waals surface area contributed by atoms with Crippen LogP contribution in [0.1, 0.15) is 45.4 Å². The van der Waals surface area contributed by atoms with E-state index in [4.69, 9.17) is 4.74 Å². The highest BCUT2D eigenvalue weighted by atomic mass is 16.5. The number of guanidine groups is 1. The lowest BCUT2D eigenvalue weighted by Gasteiger charge is -2.35. The topological polar surface area (TPSA) is 69.2 Å². The molecular formula is C19H37N5O2. The van der Waals surface area contributed by atoms with Gasteiger partial charge >= 0.3 is 0 Å². The number of amides is 1. The average molecular weight is 368 g/mol. The van der Waals surface area contributed by atoms with E-state index < -0.39 is 0 Å². The molecular weight excluding hydrogens is 330 g/mol. The van der Waals surface area contributed by atoms with Crippen molar-refractivity contribution in [2.75, 3.05) is 53.4 Å². The highest BCUT2D eigenvalue weighted by Crippen LogP contribution is 2.18. The number of aliphatic imine (C=N–C) groups is 1. The molecule has 150 valence electrons. The number of likely N-dealkylation sites (N-methyl/N-ethyl adjacent to an activating group) is 1. The minimum Gasteiger partial charge on any atom is -0.376 e. The zero-order chi connectivity index (χ0) is 18.8. The Morgan fingerprint density at radius 1 is 1.23 bits per heavy atom. The first-order chi connectivity index (χ1) is 12.6. The molecule has 2 aliphatic rings. The molecule has 2 aliphatic heterocycles. The summed E-state index contributed by atoms with van der Waals surface area (Å²) < 4.78 is 5.67. The maximum atomic E-state index is 11.8. The summed E-state index contributed by atoms with van der Waals surface area (Å²) >= 11 is 0. The maximum Gasteiger partial charge on any atom is 0.243 e. The van der Waals surface area contributed by atoms with Crippen LogP contribution in [0.25, 0.3) is 0 Å². The number of hydrogen-bond donors (Lipinski definition) is 2. The Balaban J connectivity index is 1.81. The molecule has 2 rings (SSSR count). The van der Waals surface area contributed by atoms with Gasteiger partial charge in [-0.1, -0.05) is 13.3 Å². The second-order valence-corrected chi connectivity index (χ2v) is 7.49. The van der Waals surface area contributed by atoms with Crippen LogP contribution in [-0.4, -0.2) is 87.2 Å². The monoisotopic (exact) mass is 367 g/mol. The highest BCUT2D eigenvalue weighted by molar-refractivity contribution is 5.84. The van der Waals surface area contributed by atoms with Crippen molar-refractivity contribution in [3.63, 3.8) is 0 Å². The maximum absolute atomic E-state index is 11.8. The summed E-state index contributed by atoms with van der Waals surface area (Å²) in [5.74, 6) is 0.714. The molecule has 0 aromatic heterocycles. The van der Waals surface area contributed by atoms with Crippen LogP contribution in [0.2, 0.25) is 0 Å².